The lowest BCUT2D eigenvalue weighted by atomic mass is 10.2. The molecule has 6 heteroatoms. The van der Waals surface area contributed by atoms with Gasteiger partial charge in [-0.3, -0.25) is 0 Å². The highest BCUT2D eigenvalue weighted by Gasteiger charge is 2.04. The standard InChI is InChI=1S/C14H11ClN2O3/c15-11-7-9(2-6-14(18)19)1-4-12(11)20-13-5-3-10(16)8-17-13/h1-8H,16H2,(H,18,19)/b6-2+. The highest BCUT2D eigenvalue weighted by molar-refractivity contribution is 6.32. The SMILES string of the molecule is Nc1ccc(Oc2ccc(/C=C/C(=O)O)cc2Cl)nc1. The Morgan fingerprint density at radius 2 is 2.15 bits per heavy atom. The molecule has 1 aromatic heterocycles. The van der Waals surface area contributed by atoms with Gasteiger partial charge in [0.2, 0.25) is 5.88 Å². The number of nitrogens with two attached hydrogens (primary N) is 1. The van der Waals surface area contributed by atoms with Crippen LogP contribution in [0.3, 0.4) is 0 Å². The molecule has 0 amide bonds. The van der Waals surface area contributed by atoms with E-state index in [2.05, 4.69) is 4.98 Å². The van der Waals surface area contributed by atoms with Crippen molar-refractivity contribution in [2.75, 3.05) is 5.73 Å². The monoisotopic (exact) mass is 290 g/mol. The number of aliphatic carboxylic acids is 1. The summed E-state index contributed by atoms with van der Waals surface area (Å²) in [5.41, 5.74) is 6.73. The lowest BCUT2D eigenvalue weighted by Gasteiger charge is -2.07. The van der Waals surface area contributed by atoms with Crippen molar-refractivity contribution in [3.8, 4) is 11.6 Å². The first kappa shape index (κ1) is 13.9. The first-order valence-corrected chi connectivity index (χ1v) is 6.02. The van der Waals surface area contributed by atoms with Crippen molar-refractivity contribution in [1.29, 1.82) is 0 Å². The van der Waals surface area contributed by atoms with Crippen molar-refractivity contribution in [3.05, 3.63) is 53.2 Å². The quantitative estimate of drug-likeness (QED) is 0.845. The van der Waals surface area contributed by atoms with Crippen molar-refractivity contribution in [1.82, 2.24) is 4.98 Å². The lowest BCUT2D eigenvalue weighted by molar-refractivity contribution is -0.131. The van der Waals surface area contributed by atoms with E-state index in [9.17, 15) is 4.79 Å². The van der Waals surface area contributed by atoms with Crippen molar-refractivity contribution in [2.45, 2.75) is 0 Å². The van der Waals surface area contributed by atoms with Crippen LogP contribution in [0, 0.1) is 0 Å². The normalized spacial score (nSPS) is 10.7. The van der Waals surface area contributed by atoms with Crippen LogP contribution in [0.1, 0.15) is 5.56 Å². The summed E-state index contributed by atoms with van der Waals surface area (Å²) in [4.78, 5) is 14.4. The molecule has 2 rings (SSSR count). The van der Waals surface area contributed by atoms with Gasteiger partial charge in [0.25, 0.3) is 0 Å². The van der Waals surface area contributed by atoms with Crippen LogP contribution in [0.4, 0.5) is 5.69 Å². The molecular weight excluding hydrogens is 280 g/mol. The smallest absolute Gasteiger partial charge is 0.328 e. The average Bonchev–Trinajstić information content (AvgIpc) is 2.41. The topological polar surface area (TPSA) is 85.4 Å². The molecule has 1 heterocycles. The van der Waals surface area contributed by atoms with Crippen molar-refractivity contribution < 1.29 is 14.6 Å². The predicted molar refractivity (Wildman–Crippen MR) is 76.8 cm³/mol. The Morgan fingerprint density at radius 1 is 1.35 bits per heavy atom. The molecule has 2 aromatic rings. The summed E-state index contributed by atoms with van der Waals surface area (Å²) in [6.45, 7) is 0. The number of hydrogen-bond acceptors (Lipinski definition) is 4. The Morgan fingerprint density at radius 3 is 2.75 bits per heavy atom. The van der Waals surface area contributed by atoms with E-state index in [1.165, 1.54) is 12.3 Å². The molecule has 0 aliphatic heterocycles. The summed E-state index contributed by atoms with van der Waals surface area (Å²) < 4.78 is 5.51. The van der Waals surface area contributed by atoms with E-state index in [1.54, 1.807) is 30.3 Å². The van der Waals surface area contributed by atoms with Crippen LogP contribution in [-0.2, 0) is 4.79 Å². The fourth-order valence-electron chi connectivity index (χ4n) is 1.44. The van der Waals surface area contributed by atoms with Crippen LogP contribution in [0.15, 0.2) is 42.6 Å². The fourth-order valence-corrected chi connectivity index (χ4v) is 1.66. The number of benzene rings is 1. The molecule has 0 radical (unpaired) electrons. The van der Waals surface area contributed by atoms with Gasteiger partial charge >= 0.3 is 5.97 Å². The molecule has 0 saturated carbocycles. The highest BCUT2D eigenvalue weighted by Crippen LogP contribution is 2.29. The van der Waals surface area contributed by atoms with E-state index in [-0.39, 0.29) is 0 Å². The Hall–Kier alpha value is -2.53. The van der Waals surface area contributed by atoms with Gasteiger partial charge in [-0.2, -0.15) is 0 Å². The molecule has 0 fully saturated rings. The first-order valence-electron chi connectivity index (χ1n) is 5.64. The second-order valence-electron chi connectivity index (χ2n) is 3.89. The van der Waals surface area contributed by atoms with Crippen molar-refractivity contribution >= 4 is 29.3 Å². The van der Waals surface area contributed by atoms with Crippen LogP contribution in [0.5, 0.6) is 11.6 Å². The third kappa shape index (κ3) is 3.73. The maximum atomic E-state index is 10.4. The van der Waals surface area contributed by atoms with Gasteiger partial charge in [0, 0.05) is 12.1 Å². The first-order chi connectivity index (χ1) is 9.54. The summed E-state index contributed by atoms with van der Waals surface area (Å²) in [7, 11) is 0. The van der Waals surface area contributed by atoms with Crippen LogP contribution in [0.25, 0.3) is 6.08 Å². The third-order valence-electron chi connectivity index (χ3n) is 2.35. The third-order valence-corrected chi connectivity index (χ3v) is 2.64. The number of aromatic nitrogens is 1. The summed E-state index contributed by atoms with van der Waals surface area (Å²) in [5, 5.41) is 8.91. The maximum absolute atomic E-state index is 10.4. The molecule has 20 heavy (non-hydrogen) atoms. The summed E-state index contributed by atoms with van der Waals surface area (Å²) in [6.07, 6.45) is 3.96. The largest absolute Gasteiger partial charge is 0.478 e. The number of carboxylic acid groups (broad SMARTS) is 1. The number of halogens is 1. The van der Waals surface area contributed by atoms with Gasteiger partial charge in [-0.15, -0.1) is 0 Å². The number of pyridine rings is 1. The number of carbonyl (C=O) groups is 1. The second kappa shape index (κ2) is 6.08. The minimum absolute atomic E-state index is 0.358. The number of anilines is 1. The molecule has 5 nitrogen and oxygen atoms in total. The average molecular weight is 291 g/mol. The maximum Gasteiger partial charge on any atom is 0.328 e. The number of ether oxygens (including phenoxy) is 1. The lowest BCUT2D eigenvalue weighted by Crippen LogP contribution is -1.91. The highest BCUT2D eigenvalue weighted by atomic mass is 35.5. The molecule has 3 N–H and O–H groups in total. The molecule has 0 atom stereocenters. The minimum atomic E-state index is -1.02. The number of carboxylic acids is 1. The van der Waals surface area contributed by atoms with Crippen LogP contribution in [0.2, 0.25) is 5.02 Å². The Kier molecular flexibility index (Phi) is 4.22. The number of nitrogen functional groups attached to an aromatic ring is 1. The van der Waals surface area contributed by atoms with Gasteiger partial charge in [-0.1, -0.05) is 17.7 Å². The molecular formula is C14H11ClN2O3. The van der Waals surface area contributed by atoms with E-state index in [0.29, 0.717) is 27.9 Å². The Balaban J connectivity index is 2.17. The van der Waals surface area contributed by atoms with Crippen LogP contribution >= 0.6 is 11.6 Å². The molecule has 0 unspecified atom stereocenters. The van der Waals surface area contributed by atoms with Gasteiger partial charge in [-0.25, -0.2) is 9.78 Å². The zero-order valence-corrected chi connectivity index (χ0v) is 11.0. The van der Waals surface area contributed by atoms with Crippen molar-refractivity contribution in [2.24, 2.45) is 0 Å². The molecule has 0 aliphatic carbocycles. The molecule has 0 spiro atoms. The zero-order valence-electron chi connectivity index (χ0n) is 10.3. The zero-order chi connectivity index (χ0) is 14.5. The Bertz CT molecular complexity index is 654. The summed E-state index contributed by atoms with van der Waals surface area (Å²) >= 11 is 6.07. The van der Waals surface area contributed by atoms with Gasteiger partial charge in [0.15, 0.2) is 0 Å². The van der Waals surface area contributed by atoms with E-state index < -0.39 is 5.97 Å². The van der Waals surface area contributed by atoms with Crippen molar-refractivity contribution in [3.63, 3.8) is 0 Å². The van der Waals surface area contributed by atoms with Gasteiger partial charge in [-0.05, 0) is 29.8 Å². The van der Waals surface area contributed by atoms with Gasteiger partial charge in [0.05, 0.1) is 16.9 Å². The summed E-state index contributed by atoms with van der Waals surface area (Å²) in [6, 6.07) is 8.23. The van der Waals surface area contributed by atoms with E-state index in [4.69, 9.17) is 27.2 Å². The molecule has 1 aromatic carbocycles. The molecule has 0 aliphatic rings. The van der Waals surface area contributed by atoms with E-state index in [0.717, 1.165) is 6.08 Å². The van der Waals surface area contributed by atoms with E-state index in [1.807, 2.05) is 0 Å². The van der Waals surface area contributed by atoms with Crippen LogP contribution in [-0.4, -0.2) is 16.1 Å². The Labute approximate surface area is 120 Å². The molecule has 0 bridgehead atoms. The number of rotatable bonds is 4. The molecule has 0 saturated heterocycles. The predicted octanol–water partition coefficient (Wildman–Crippen LogP) is 3.21. The van der Waals surface area contributed by atoms with Gasteiger partial charge in [0.1, 0.15) is 5.75 Å². The van der Waals surface area contributed by atoms with Gasteiger partial charge < -0.3 is 15.6 Å². The number of hydrogen-bond donors (Lipinski definition) is 2. The van der Waals surface area contributed by atoms with Crippen LogP contribution < -0.4 is 10.5 Å². The fraction of sp³-hybridized carbons (Fsp3) is 0. The summed E-state index contributed by atoms with van der Waals surface area (Å²) in [5.74, 6) is -0.223. The minimum Gasteiger partial charge on any atom is -0.478 e. The van der Waals surface area contributed by atoms with E-state index >= 15 is 0 Å². The second-order valence-corrected chi connectivity index (χ2v) is 4.30. The number of nitrogens with zero attached hydrogens (tertiary/aromatic N) is 1. The molecule has 102 valence electrons.